The van der Waals surface area contributed by atoms with Crippen LogP contribution in [0.3, 0.4) is 0 Å². The largest absolute Gasteiger partial charge is 0.507 e. The van der Waals surface area contributed by atoms with Gasteiger partial charge in [-0.2, -0.15) is 0 Å². The maximum absolute atomic E-state index is 12.9. The molecule has 0 radical (unpaired) electrons. The lowest BCUT2D eigenvalue weighted by Crippen LogP contribution is -2.14. The molecule has 7 nitrogen and oxygen atoms in total. The van der Waals surface area contributed by atoms with E-state index in [0.29, 0.717) is 5.56 Å². The van der Waals surface area contributed by atoms with E-state index in [1.807, 2.05) is 30.3 Å². The highest BCUT2D eigenvalue weighted by atomic mass is 32.2. The zero-order chi connectivity index (χ0) is 20.3. The average molecular weight is 399 g/mol. The molecule has 3 aromatic rings. The van der Waals surface area contributed by atoms with E-state index in [9.17, 15) is 18.3 Å². The lowest BCUT2D eigenvalue weighted by molar-refractivity contribution is 0.0694. The highest BCUT2D eigenvalue weighted by molar-refractivity contribution is 7.92. The molecule has 28 heavy (non-hydrogen) atoms. The smallest absolute Gasteiger partial charge is 0.339 e. The number of sulfonamides is 1. The Morgan fingerprint density at radius 3 is 2.32 bits per heavy atom. The quantitative estimate of drug-likeness (QED) is 0.584. The first-order valence-corrected chi connectivity index (χ1v) is 9.63. The summed E-state index contributed by atoms with van der Waals surface area (Å²) in [4.78, 5) is 10.9. The number of carboxylic acid groups (broad SMARTS) is 1. The molecule has 0 heterocycles. The third-order valence-corrected chi connectivity index (χ3v) is 5.44. The summed E-state index contributed by atoms with van der Waals surface area (Å²) in [6.45, 7) is 0. The molecule has 0 aromatic heterocycles. The SMILES string of the molecule is COc1c(-c2ccccc2)cccc1S(=O)(=O)Nc1ccc(C(=O)O)c(O)c1. The summed E-state index contributed by atoms with van der Waals surface area (Å²) in [5, 5.41) is 18.7. The van der Waals surface area contributed by atoms with Crippen LogP contribution in [0.5, 0.6) is 11.5 Å². The average Bonchev–Trinajstić information content (AvgIpc) is 2.67. The minimum Gasteiger partial charge on any atom is -0.507 e. The first-order chi connectivity index (χ1) is 13.3. The summed E-state index contributed by atoms with van der Waals surface area (Å²) in [7, 11) is -2.69. The van der Waals surface area contributed by atoms with E-state index in [2.05, 4.69) is 4.72 Å². The number of benzene rings is 3. The molecule has 0 amide bonds. The number of para-hydroxylation sites is 1. The topological polar surface area (TPSA) is 113 Å². The molecule has 0 saturated heterocycles. The Bertz CT molecular complexity index is 1130. The fourth-order valence-electron chi connectivity index (χ4n) is 2.77. The maximum Gasteiger partial charge on any atom is 0.339 e. The first-order valence-electron chi connectivity index (χ1n) is 8.15. The number of nitrogens with one attached hydrogen (secondary N) is 1. The molecule has 0 spiro atoms. The van der Waals surface area contributed by atoms with Gasteiger partial charge in [-0.3, -0.25) is 4.72 Å². The Hall–Kier alpha value is -3.52. The van der Waals surface area contributed by atoms with Crippen molar-refractivity contribution in [3.63, 3.8) is 0 Å². The predicted octanol–water partition coefficient (Wildman–Crippen LogP) is 3.57. The van der Waals surface area contributed by atoms with Crippen molar-refractivity contribution >= 4 is 21.7 Å². The van der Waals surface area contributed by atoms with E-state index in [0.717, 1.165) is 17.7 Å². The number of phenols is 1. The first kappa shape index (κ1) is 19.2. The van der Waals surface area contributed by atoms with E-state index in [1.54, 1.807) is 12.1 Å². The second kappa shape index (κ2) is 7.61. The molecule has 0 fully saturated rings. The predicted molar refractivity (Wildman–Crippen MR) is 104 cm³/mol. The number of hydrogen-bond acceptors (Lipinski definition) is 5. The van der Waals surface area contributed by atoms with Crippen LogP contribution in [0, 0.1) is 0 Å². The van der Waals surface area contributed by atoms with Crippen molar-refractivity contribution in [2.45, 2.75) is 4.90 Å². The molecule has 3 aromatic carbocycles. The minimum atomic E-state index is -4.07. The van der Waals surface area contributed by atoms with Crippen LogP contribution in [0.4, 0.5) is 5.69 Å². The van der Waals surface area contributed by atoms with Gasteiger partial charge < -0.3 is 14.9 Å². The van der Waals surface area contributed by atoms with Crippen molar-refractivity contribution in [2.75, 3.05) is 11.8 Å². The van der Waals surface area contributed by atoms with E-state index < -0.39 is 21.7 Å². The number of aromatic carboxylic acids is 1. The summed E-state index contributed by atoms with van der Waals surface area (Å²) in [5.41, 5.74) is 1.09. The van der Waals surface area contributed by atoms with E-state index in [1.165, 1.54) is 19.2 Å². The minimum absolute atomic E-state index is 0.0228. The number of methoxy groups -OCH3 is 1. The third-order valence-electron chi connectivity index (χ3n) is 4.04. The van der Waals surface area contributed by atoms with Crippen molar-refractivity contribution in [1.82, 2.24) is 0 Å². The summed E-state index contributed by atoms with van der Waals surface area (Å²) >= 11 is 0. The standard InChI is InChI=1S/C20H17NO6S/c1-27-19-15(13-6-3-2-4-7-13)8-5-9-18(19)28(25,26)21-14-10-11-16(20(23)24)17(22)12-14/h2-12,21-22H,1H3,(H,23,24). The van der Waals surface area contributed by atoms with Crippen molar-refractivity contribution in [3.05, 3.63) is 72.3 Å². The molecule has 0 bridgehead atoms. The second-order valence-corrected chi connectivity index (χ2v) is 7.50. The summed E-state index contributed by atoms with van der Waals surface area (Å²) in [5.74, 6) is -1.69. The second-order valence-electron chi connectivity index (χ2n) is 5.85. The Kier molecular flexibility index (Phi) is 5.23. The van der Waals surface area contributed by atoms with Crippen LogP contribution in [0.15, 0.2) is 71.6 Å². The van der Waals surface area contributed by atoms with Crippen LogP contribution in [-0.4, -0.2) is 31.7 Å². The Morgan fingerprint density at radius 2 is 1.71 bits per heavy atom. The number of hydrogen-bond donors (Lipinski definition) is 3. The third kappa shape index (κ3) is 3.77. The lowest BCUT2D eigenvalue weighted by atomic mass is 10.0. The van der Waals surface area contributed by atoms with Crippen LogP contribution in [0.2, 0.25) is 0 Å². The van der Waals surface area contributed by atoms with Crippen LogP contribution in [-0.2, 0) is 10.0 Å². The number of carbonyl (C=O) groups is 1. The van der Waals surface area contributed by atoms with Crippen molar-refractivity contribution in [1.29, 1.82) is 0 Å². The van der Waals surface area contributed by atoms with Crippen molar-refractivity contribution in [2.24, 2.45) is 0 Å². The van der Waals surface area contributed by atoms with Gasteiger partial charge in [0.2, 0.25) is 0 Å². The summed E-state index contributed by atoms with van der Waals surface area (Å²) in [6.07, 6.45) is 0. The highest BCUT2D eigenvalue weighted by Crippen LogP contribution is 2.36. The van der Waals surface area contributed by atoms with E-state index in [-0.39, 0.29) is 21.9 Å². The zero-order valence-corrected chi connectivity index (χ0v) is 15.6. The maximum atomic E-state index is 12.9. The Morgan fingerprint density at radius 1 is 1.00 bits per heavy atom. The molecular formula is C20H17NO6S. The number of ether oxygens (including phenoxy) is 1. The van der Waals surface area contributed by atoms with Crippen LogP contribution in [0.1, 0.15) is 10.4 Å². The lowest BCUT2D eigenvalue weighted by Gasteiger charge is -2.15. The van der Waals surface area contributed by atoms with E-state index in [4.69, 9.17) is 9.84 Å². The monoisotopic (exact) mass is 399 g/mol. The van der Waals surface area contributed by atoms with Gasteiger partial charge in [0.05, 0.1) is 12.8 Å². The number of anilines is 1. The molecule has 3 rings (SSSR count). The van der Waals surface area contributed by atoms with Gasteiger partial charge in [0.1, 0.15) is 22.0 Å². The van der Waals surface area contributed by atoms with Gasteiger partial charge in [0.25, 0.3) is 10.0 Å². The Balaban J connectivity index is 2.03. The van der Waals surface area contributed by atoms with Crippen molar-refractivity contribution < 1.29 is 28.2 Å². The number of carboxylic acids is 1. The van der Waals surface area contributed by atoms with Gasteiger partial charge in [-0.1, -0.05) is 42.5 Å². The molecule has 8 heteroatoms. The number of rotatable bonds is 6. The Labute approximate surface area is 161 Å². The molecule has 0 aliphatic rings. The van der Waals surface area contributed by atoms with Crippen LogP contribution in [0.25, 0.3) is 11.1 Å². The molecule has 144 valence electrons. The summed E-state index contributed by atoms with van der Waals surface area (Å²) in [6, 6.07) is 17.4. The van der Waals surface area contributed by atoms with Crippen LogP contribution < -0.4 is 9.46 Å². The van der Waals surface area contributed by atoms with Gasteiger partial charge >= 0.3 is 5.97 Å². The molecule has 0 aliphatic heterocycles. The number of aromatic hydroxyl groups is 1. The zero-order valence-electron chi connectivity index (χ0n) is 14.8. The highest BCUT2D eigenvalue weighted by Gasteiger charge is 2.23. The van der Waals surface area contributed by atoms with Crippen LogP contribution >= 0.6 is 0 Å². The molecule has 0 atom stereocenters. The van der Waals surface area contributed by atoms with Gasteiger partial charge in [0, 0.05) is 11.6 Å². The molecule has 0 saturated carbocycles. The van der Waals surface area contributed by atoms with E-state index >= 15 is 0 Å². The fraction of sp³-hybridized carbons (Fsp3) is 0.0500. The normalized spacial score (nSPS) is 11.0. The summed E-state index contributed by atoms with van der Waals surface area (Å²) < 4.78 is 33.5. The molecule has 0 unspecified atom stereocenters. The molecule has 3 N–H and O–H groups in total. The fourth-order valence-corrected chi connectivity index (χ4v) is 4.01. The van der Waals surface area contributed by atoms with Gasteiger partial charge in [-0.25, -0.2) is 13.2 Å². The van der Waals surface area contributed by atoms with Gasteiger partial charge in [-0.15, -0.1) is 0 Å². The molecule has 0 aliphatic carbocycles. The van der Waals surface area contributed by atoms with Gasteiger partial charge in [0.15, 0.2) is 0 Å². The molecular weight excluding hydrogens is 382 g/mol. The van der Waals surface area contributed by atoms with Crippen molar-refractivity contribution in [3.8, 4) is 22.6 Å². The van der Waals surface area contributed by atoms with Gasteiger partial charge in [-0.05, 0) is 23.8 Å².